The average Bonchev–Trinajstić information content (AvgIpc) is 3.13. The molecule has 164 valence electrons. The molecule has 1 aromatic heterocycles. The fourth-order valence-corrected chi connectivity index (χ4v) is 7.13. The van der Waals surface area contributed by atoms with Gasteiger partial charge in [-0.05, 0) is 81.8 Å². The molecule has 30 heavy (non-hydrogen) atoms. The number of hydrogen-bond acceptors (Lipinski definition) is 4. The largest absolute Gasteiger partial charge is 0.349 e. The van der Waals surface area contributed by atoms with Crippen LogP contribution in [0.4, 0.5) is 0 Å². The van der Waals surface area contributed by atoms with Crippen molar-refractivity contribution in [2.45, 2.75) is 58.4 Å². The summed E-state index contributed by atoms with van der Waals surface area (Å²) in [5, 5.41) is 3.04. The van der Waals surface area contributed by atoms with Crippen molar-refractivity contribution in [3.05, 3.63) is 49.7 Å². The molecule has 1 atom stereocenters. The highest BCUT2D eigenvalue weighted by Crippen LogP contribution is 2.32. The predicted molar refractivity (Wildman–Crippen MR) is 123 cm³/mol. The van der Waals surface area contributed by atoms with Gasteiger partial charge < -0.3 is 5.32 Å². The molecule has 0 bridgehead atoms. The van der Waals surface area contributed by atoms with Gasteiger partial charge in [0.2, 0.25) is 15.9 Å². The van der Waals surface area contributed by atoms with Crippen molar-refractivity contribution in [3.8, 4) is 0 Å². The molecule has 5 nitrogen and oxygen atoms in total. The Labute approximate surface area is 188 Å². The highest BCUT2D eigenvalue weighted by atomic mass is 35.5. The van der Waals surface area contributed by atoms with Crippen LogP contribution in [0.2, 0.25) is 4.34 Å². The molecule has 0 spiro atoms. The second-order valence-corrected chi connectivity index (χ2v) is 11.8. The quantitative estimate of drug-likeness (QED) is 0.677. The molecule has 0 aliphatic carbocycles. The summed E-state index contributed by atoms with van der Waals surface area (Å²) < 4.78 is 29.0. The first-order chi connectivity index (χ1) is 14.0. The molecule has 1 amide bonds. The third-order valence-corrected chi connectivity index (χ3v) is 9.69. The van der Waals surface area contributed by atoms with Gasteiger partial charge in [0.25, 0.3) is 0 Å². The number of piperidine rings is 1. The van der Waals surface area contributed by atoms with E-state index in [1.165, 1.54) is 15.6 Å². The molecule has 2 heterocycles. The number of nitrogens with one attached hydrogen (secondary N) is 1. The summed E-state index contributed by atoms with van der Waals surface area (Å²) in [4.78, 5) is 14.1. The first-order valence-corrected chi connectivity index (χ1v) is 12.8. The molecule has 1 aliphatic rings. The summed E-state index contributed by atoms with van der Waals surface area (Å²) in [6, 6.07) is 5.66. The second-order valence-electron chi connectivity index (χ2n) is 8.14. The molecular formula is C22H29ClN2O3S2. The Bertz CT molecular complexity index is 1030. The van der Waals surface area contributed by atoms with Crippen molar-refractivity contribution in [3.63, 3.8) is 0 Å². The standard InChI is InChI=1S/C22H29ClN2O3S2/c1-13-12-14(2)16(4)21(15(13)3)30(27,28)25-10-8-18(9-11-25)22(26)24-17(5)19-6-7-20(23)29-19/h6-7,12,17-18H,8-11H2,1-5H3,(H,24,26). The van der Waals surface area contributed by atoms with E-state index < -0.39 is 10.0 Å². The minimum Gasteiger partial charge on any atom is -0.349 e. The minimum absolute atomic E-state index is 0.0252. The van der Waals surface area contributed by atoms with E-state index in [-0.39, 0.29) is 17.9 Å². The molecule has 1 N–H and O–H groups in total. The van der Waals surface area contributed by atoms with Gasteiger partial charge in [-0.15, -0.1) is 11.3 Å². The smallest absolute Gasteiger partial charge is 0.243 e. The average molecular weight is 469 g/mol. The van der Waals surface area contributed by atoms with E-state index in [2.05, 4.69) is 5.32 Å². The maximum Gasteiger partial charge on any atom is 0.243 e. The lowest BCUT2D eigenvalue weighted by molar-refractivity contribution is -0.126. The Balaban J connectivity index is 1.69. The number of nitrogens with zero attached hydrogens (tertiary/aromatic N) is 1. The monoisotopic (exact) mass is 468 g/mol. The summed E-state index contributed by atoms with van der Waals surface area (Å²) >= 11 is 7.44. The SMILES string of the molecule is Cc1cc(C)c(C)c(S(=O)(=O)N2CCC(C(=O)NC(C)c3ccc(Cl)s3)CC2)c1C. The van der Waals surface area contributed by atoms with E-state index in [9.17, 15) is 13.2 Å². The third-order valence-electron chi connectivity index (χ3n) is 6.10. The van der Waals surface area contributed by atoms with Crippen LogP contribution >= 0.6 is 22.9 Å². The molecule has 1 aromatic carbocycles. The molecular weight excluding hydrogens is 440 g/mol. The third kappa shape index (κ3) is 4.59. The van der Waals surface area contributed by atoms with Gasteiger partial charge in [-0.25, -0.2) is 8.42 Å². The number of hydrogen-bond donors (Lipinski definition) is 1. The minimum atomic E-state index is -3.59. The van der Waals surface area contributed by atoms with Gasteiger partial charge in [0.15, 0.2) is 0 Å². The summed E-state index contributed by atoms with van der Waals surface area (Å²) in [6.45, 7) is 10.3. The Morgan fingerprint density at radius 2 is 1.70 bits per heavy atom. The molecule has 1 aliphatic heterocycles. The van der Waals surface area contributed by atoms with Crippen LogP contribution in [-0.4, -0.2) is 31.7 Å². The number of carbonyl (C=O) groups is 1. The molecule has 1 fully saturated rings. The first kappa shape index (κ1) is 23.3. The lowest BCUT2D eigenvalue weighted by Crippen LogP contribution is -2.43. The van der Waals surface area contributed by atoms with Gasteiger partial charge >= 0.3 is 0 Å². The molecule has 8 heteroatoms. The lowest BCUT2D eigenvalue weighted by atomic mass is 9.97. The van der Waals surface area contributed by atoms with Gasteiger partial charge in [-0.3, -0.25) is 4.79 Å². The van der Waals surface area contributed by atoms with E-state index in [1.807, 2.05) is 52.8 Å². The molecule has 0 saturated carbocycles. The van der Waals surface area contributed by atoms with E-state index in [4.69, 9.17) is 11.6 Å². The Kier molecular flexibility index (Phi) is 6.97. The predicted octanol–water partition coefficient (Wildman–Crippen LogP) is 4.91. The van der Waals surface area contributed by atoms with Crippen LogP contribution in [0.15, 0.2) is 23.1 Å². The number of thiophene rings is 1. The van der Waals surface area contributed by atoms with Gasteiger partial charge in [-0.1, -0.05) is 17.7 Å². The zero-order chi connectivity index (χ0) is 22.2. The number of benzene rings is 1. The molecule has 1 unspecified atom stereocenters. The van der Waals surface area contributed by atoms with Gasteiger partial charge in [0.05, 0.1) is 15.3 Å². The van der Waals surface area contributed by atoms with Crippen molar-refractivity contribution >= 4 is 38.9 Å². The number of halogens is 1. The van der Waals surface area contributed by atoms with Crippen LogP contribution < -0.4 is 5.32 Å². The summed E-state index contributed by atoms with van der Waals surface area (Å²) in [5.74, 6) is -0.210. The van der Waals surface area contributed by atoms with Crippen molar-refractivity contribution < 1.29 is 13.2 Å². The fourth-order valence-electron chi connectivity index (χ4n) is 4.02. The van der Waals surface area contributed by atoms with Crippen molar-refractivity contribution in [2.24, 2.45) is 5.92 Å². The van der Waals surface area contributed by atoms with Crippen molar-refractivity contribution in [1.29, 1.82) is 0 Å². The number of rotatable bonds is 5. The van der Waals surface area contributed by atoms with E-state index in [0.717, 1.165) is 27.1 Å². The fraction of sp³-hybridized carbons (Fsp3) is 0.500. The number of carbonyl (C=O) groups excluding carboxylic acids is 1. The van der Waals surface area contributed by atoms with Gasteiger partial charge in [-0.2, -0.15) is 4.31 Å². The van der Waals surface area contributed by atoms with E-state index in [0.29, 0.717) is 35.2 Å². The summed E-state index contributed by atoms with van der Waals surface area (Å²) in [6.07, 6.45) is 1.04. The number of aryl methyl sites for hydroxylation is 2. The maximum absolute atomic E-state index is 13.4. The summed E-state index contributed by atoms with van der Waals surface area (Å²) in [5.41, 5.74) is 3.57. The second kappa shape index (κ2) is 8.99. The van der Waals surface area contributed by atoms with Crippen LogP contribution in [0.5, 0.6) is 0 Å². The topological polar surface area (TPSA) is 66.5 Å². The summed E-state index contributed by atoms with van der Waals surface area (Å²) in [7, 11) is -3.59. The zero-order valence-electron chi connectivity index (χ0n) is 18.1. The Morgan fingerprint density at radius 1 is 1.13 bits per heavy atom. The van der Waals surface area contributed by atoms with E-state index >= 15 is 0 Å². The van der Waals surface area contributed by atoms with Crippen LogP contribution in [-0.2, 0) is 14.8 Å². The van der Waals surface area contributed by atoms with Crippen molar-refractivity contribution in [2.75, 3.05) is 13.1 Å². The van der Waals surface area contributed by atoms with Crippen molar-refractivity contribution in [1.82, 2.24) is 9.62 Å². The Morgan fingerprint density at radius 3 is 2.20 bits per heavy atom. The molecule has 1 saturated heterocycles. The number of sulfonamides is 1. The zero-order valence-corrected chi connectivity index (χ0v) is 20.5. The maximum atomic E-state index is 13.4. The van der Waals surface area contributed by atoms with Gasteiger partial charge in [0.1, 0.15) is 0 Å². The molecule has 0 radical (unpaired) electrons. The van der Waals surface area contributed by atoms with Crippen LogP contribution in [0.25, 0.3) is 0 Å². The highest BCUT2D eigenvalue weighted by molar-refractivity contribution is 7.89. The number of amides is 1. The highest BCUT2D eigenvalue weighted by Gasteiger charge is 2.34. The lowest BCUT2D eigenvalue weighted by Gasteiger charge is -2.32. The van der Waals surface area contributed by atoms with E-state index in [1.54, 1.807) is 0 Å². The van der Waals surface area contributed by atoms with Crippen LogP contribution in [0, 0.1) is 33.6 Å². The van der Waals surface area contributed by atoms with Crippen LogP contribution in [0.1, 0.15) is 52.9 Å². The van der Waals surface area contributed by atoms with Crippen LogP contribution in [0.3, 0.4) is 0 Å². The first-order valence-electron chi connectivity index (χ1n) is 10.2. The Hall–Kier alpha value is -1.41. The van der Waals surface area contributed by atoms with Gasteiger partial charge in [0, 0.05) is 23.9 Å². The molecule has 2 aromatic rings. The normalized spacial score (nSPS) is 17.1. The molecule has 3 rings (SSSR count).